The van der Waals surface area contributed by atoms with Crippen molar-refractivity contribution in [3.05, 3.63) is 65.8 Å². The summed E-state index contributed by atoms with van der Waals surface area (Å²) < 4.78 is 15.9. The zero-order valence-electron chi connectivity index (χ0n) is 25.7. The van der Waals surface area contributed by atoms with E-state index < -0.39 is 35.5 Å². The van der Waals surface area contributed by atoms with Gasteiger partial charge in [-0.1, -0.05) is 42.5 Å². The molecule has 0 spiro atoms. The number of amides is 3. The summed E-state index contributed by atoms with van der Waals surface area (Å²) in [5.74, 6) is -1.09. The molecule has 234 valence electrons. The fourth-order valence-electron chi connectivity index (χ4n) is 4.63. The number of ketones is 1. The number of hydrogen-bond donors (Lipinski definition) is 3. The standard InChI is InChI=1S/C32H44N4O7/c1-7-8-21(2)17-22(3)28(29(38)32(5)20-43-32)35-31(40)26(18-24-9-11-25(41-6)12-10-24)34-30(39)23(4)33-27(37)19-36-13-15-42-16-14-36/h7-12,17,23,26,28H,3,13-16,18-20H2,1-2,4-6H3,(H,33,37)(H,34,39)(H,35,40)/b8-7-,21-17-/t23-,26-,28+,32+/m0/s1. The Bertz CT molecular complexity index is 1230. The highest BCUT2D eigenvalue weighted by atomic mass is 16.6. The molecule has 0 aromatic heterocycles. The summed E-state index contributed by atoms with van der Waals surface area (Å²) in [6.45, 7) is 13.8. The minimum absolute atomic E-state index is 0.130. The first-order valence-electron chi connectivity index (χ1n) is 14.5. The molecule has 2 fully saturated rings. The summed E-state index contributed by atoms with van der Waals surface area (Å²) in [7, 11) is 1.56. The van der Waals surface area contributed by atoms with Crippen molar-refractivity contribution in [2.75, 3.05) is 46.6 Å². The van der Waals surface area contributed by atoms with Crippen LogP contribution >= 0.6 is 0 Å². The van der Waals surface area contributed by atoms with E-state index in [9.17, 15) is 19.2 Å². The van der Waals surface area contributed by atoms with Crippen LogP contribution in [0.5, 0.6) is 5.75 Å². The van der Waals surface area contributed by atoms with Crippen molar-refractivity contribution >= 4 is 23.5 Å². The second kappa shape index (κ2) is 15.6. The molecule has 2 saturated heterocycles. The van der Waals surface area contributed by atoms with Crippen LogP contribution in [-0.2, 0) is 35.1 Å². The van der Waals surface area contributed by atoms with Gasteiger partial charge in [-0.05, 0) is 51.0 Å². The molecule has 3 N–H and O–H groups in total. The van der Waals surface area contributed by atoms with E-state index in [0.29, 0.717) is 37.6 Å². The molecular weight excluding hydrogens is 552 g/mol. The fraction of sp³-hybridized carbons (Fsp3) is 0.500. The molecule has 2 aliphatic heterocycles. The Labute approximate surface area is 253 Å². The van der Waals surface area contributed by atoms with Crippen molar-refractivity contribution in [2.45, 2.75) is 57.8 Å². The average molecular weight is 597 g/mol. The van der Waals surface area contributed by atoms with Crippen molar-refractivity contribution in [3.63, 3.8) is 0 Å². The van der Waals surface area contributed by atoms with Gasteiger partial charge in [0.1, 0.15) is 29.5 Å². The van der Waals surface area contributed by atoms with E-state index in [1.807, 2.05) is 30.9 Å². The molecule has 2 heterocycles. The lowest BCUT2D eigenvalue weighted by Gasteiger charge is -2.27. The van der Waals surface area contributed by atoms with Gasteiger partial charge in [-0.3, -0.25) is 24.1 Å². The number of Topliss-reactive ketones (excluding diaryl/α,β-unsaturated/α-hetero) is 1. The summed E-state index contributed by atoms with van der Waals surface area (Å²) in [6.07, 6.45) is 5.59. The van der Waals surface area contributed by atoms with Crippen LogP contribution in [0.15, 0.2) is 60.2 Å². The number of benzene rings is 1. The van der Waals surface area contributed by atoms with Crippen molar-refractivity contribution in [1.29, 1.82) is 0 Å². The second-order valence-corrected chi connectivity index (χ2v) is 11.1. The van der Waals surface area contributed by atoms with Crippen LogP contribution in [0.4, 0.5) is 0 Å². The van der Waals surface area contributed by atoms with Gasteiger partial charge in [0.05, 0.1) is 33.5 Å². The predicted molar refractivity (Wildman–Crippen MR) is 162 cm³/mol. The third-order valence-electron chi connectivity index (χ3n) is 7.33. The van der Waals surface area contributed by atoms with E-state index in [2.05, 4.69) is 22.5 Å². The summed E-state index contributed by atoms with van der Waals surface area (Å²) in [4.78, 5) is 54.9. The number of epoxide rings is 1. The summed E-state index contributed by atoms with van der Waals surface area (Å²) >= 11 is 0. The molecular formula is C32H44N4O7. The maximum atomic E-state index is 13.8. The lowest BCUT2D eigenvalue weighted by Crippen LogP contribution is -2.57. The lowest BCUT2D eigenvalue weighted by molar-refractivity contribution is -0.133. The van der Waals surface area contributed by atoms with Gasteiger partial charge in [0.2, 0.25) is 17.7 Å². The summed E-state index contributed by atoms with van der Waals surface area (Å²) in [5.41, 5.74) is 0.986. The Morgan fingerprint density at radius 3 is 2.33 bits per heavy atom. The van der Waals surface area contributed by atoms with Gasteiger partial charge < -0.3 is 30.2 Å². The number of methoxy groups -OCH3 is 1. The number of rotatable bonds is 15. The maximum Gasteiger partial charge on any atom is 0.243 e. The number of morpholine rings is 1. The van der Waals surface area contributed by atoms with E-state index >= 15 is 0 Å². The van der Waals surface area contributed by atoms with E-state index in [1.54, 1.807) is 51.3 Å². The lowest BCUT2D eigenvalue weighted by atomic mass is 9.93. The third kappa shape index (κ3) is 10.2. The van der Waals surface area contributed by atoms with Gasteiger partial charge in [-0.15, -0.1) is 0 Å². The fourth-order valence-corrected chi connectivity index (χ4v) is 4.63. The van der Waals surface area contributed by atoms with Crippen LogP contribution in [0.25, 0.3) is 0 Å². The number of ether oxygens (including phenoxy) is 3. The van der Waals surface area contributed by atoms with Crippen LogP contribution in [0, 0.1) is 0 Å². The smallest absolute Gasteiger partial charge is 0.243 e. The number of nitrogens with zero attached hydrogens (tertiary/aromatic N) is 1. The van der Waals surface area contributed by atoms with E-state index in [-0.39, 0.29) is 31.3 Å². The monoisotopic (exact) mass is 596 g/mol. The number of nitrogens with one attached hydrogen (secondary N) is 3. The quantitative estimate of drug-likeness (QED) is 0.205. The SMILES string of the molecule is C=C(/C=C(C)\C=C/C)[C@@H](NC(=O)[C@H](Cc1ccc(OC)cc1)NC(=O)[C@H](C)NC(=O)CN1CCOCC1)C(=O)[C@@]1(C)CO1. The maximum absolute atomic E-state index is 13.8. The summed E-state index contributed by atoms with van der Waals surface area (Å²) in [5, 5.41) is 8.29. The zero-order chi connectivity index (χ0) is 31.6. The molecule has 3 amide bonds. The first-order chi connectivity index (χ1) is 20.4. The average Bonchev–Trinajstić information content (AvgIpc) is 3.74. The normalized spacial score (nSPS) is 20.9. The third-order valence-corrected chi connectivity index (χ3v) is 7.33. The minimum atomic E-state index is -1.07. The molecule has 11 heteroatoms. The highest BCUT2D eigenvalue weighted by Gasteiger charge is 2.50. The molecule has 0 bridgehead atoms. The molecule has 3 rings (SSSR count). The van der Waals surface area contributed by atoms with E-state index in [0.717, 1.165) is 11.1 Å². The number of carbonyl (C=O) groups excluding carboxylic acids is 4. The van der Waals surface area contributed by atoms with Gasteiger partial charge in [-0.25, -0.2) is 0 Å². The molecule has 0 aliphatic carbocycles. The highest BCUT2D eigenvalue weighted by Crippen LogP contribution is 2.30. The van der Waals surface area contributed by atoms with Crippen molar-refractivity contribution in [2.24, 2.45) is 0 Å². The van der Waals surface area contributed by atoms with Gasteiger partial charge >= 0.3 is 0 Å². The number of hydrogen-bond acceptors (Lipinski definition) is 8. The first-order valence-corrected chi connectivity index (χ1v) is 14.5. The Balaban J connectivity index is 1.77. The Morgan fingerprint density at radius 2 is 1.74 bits per heavy atom. The Hall–Kier alpha value is -3.80. The number of allylic oxidation sites excluding steroid dienone is 3. The molecule has 1 aromatic carbocycles. The number of carbonyl (C=O) groups is 4. The van der Waals surface area contributed by atoms with E-state index in [4.69, 9.17) is 14.2 Å². The van der Waals surface area contributed by atoms with Gasteiger partial charge in [0.15, 0.2) is 5.78 Å². The highest BCUT2D eigenvalue weighted by molar-refractivity contribution is 6.00. The molecule has 4 atom stereocenters. The first kappa shape index (κ1) is 33.7. The topological polar surface area (TPSA) is 139 Å². The van der Waals surface area contributed by atoms with Crippen LogP contribution in [0.3, 0.4) is 0 Å². The van der Waals surface area contributed by atoms with Crippen LogP contribution < -0.4 is 20.7 Å². The molecule has 0 unspecified atom stereocenters. The van der Waals surface area contributed by atoms with E-state index in [1.165, 1.54) is 0 Å². The van der Waals surface area contributed by atoms with Gasteiger partial charge in [0.25, 0.3) is 0 Å². The van der Waals surface area contributed by atoms with Crippen LogP contribution in [0.1, 0.15) is 33.3 Å². The summed E-state index contributed by atoms with van der Waals surface area (Å²) in [6, 6.07) is 4.07. The molecule has 1 aromatic rings. The van der Waals surface area contributed by atoms with Crippen molar-refractivity contribution in [3.8, 4) is 5.75 Å². The van der Waals surface area contributed by atoms with Gasteiger partial charge in [0, 0.05) is 19.5 Å². The molecule has 0 saturated carbocycles. The van der Waals surface area contributed by atoms with Crippen LogP contribution in [0.2, 0.25) is 0 Å². The Kier molecular flexibility index (Phi) is 12.2. The van der Waals surface area contributed by atoms with Gasteiger partial charge in [-0.2, -0.15) is 0 Å². The zero-order valence-corrected chi connectivity index (χ0v) is 25.7. The Morgan fingerprint density at radius 1 is 1.09 bits per heavy atom. The molecule has 11 nitrogen and oxygen atoms in total. The minimum Gasteiger partial charge on any atom is -0.497 e. The second-order valence-electron chi connectivity index (χ2n) is 11.1. The predicted octanol–water partition coefficient (Wildman–Crippen LogP) is 1.48. The molecule has 0 radical (unpaired) electrons. The largest absolute Gasteiger partial charge is 0.497 e. The van der Waals surface area contributed by atoms with Crippen LogP contribution in [-0.4, -0.2) is 98.7 Å². The molecule has 43 heavy (non-hydrogen) atoms. The van der Waals surface area contributed by atoms with Crippen molar-refractivity contribution < 1.29 is 33.4 Å². The molecule has 2 aliphatic rings. The van der Waals surface area contributed by atoms with Crippen molar-refractivity contribution in [1.82, 2.24) is 20.9 Å².